The van der Waals surface area contributed by atoms with Crippen LogP contribution in [0.2, 0.25) is 0 Å². The van der Waals surface area contributed by atoms with Gasteiger partial charge >= 0.3 is 0 Å². The second kappa shape index (κ2) is 5.60. The molecule has 3 nitrogen and oxygen atoms in total. The number of Topliss-reactive ketones (excluding diaryl/α,β-unsaturated/α-hetero) is 1. The van der Waals surface area contributed by atoms with Crippen molar-refractivity contribution in [2.24, 2.45) is 28.1 Å². The molecule has 5 aliphatic carbocycles. The molecule has 152 valence electrons. The van der Waals surface area contributed by atoms with Gasteiger partial charge in [-0.2, -0.15) is 0 Å². The second-order valence-corrected chi connectivity index (χ2v) is 10.6. The van der Waals surface area contributed by atoms with E-state index < -0.39 is 5.79 Å². The summed E-state index contributed by atoms with van der Waals surface area (Å²) in [4.78, 5) is 12.0. The van der Waals surface area contributed by atoms with E-state index in [1.165, 1.54) is 37.7 Å². The molecule has 0 N–H and O–H groups in total. The lowest BCUT2D eigenvalue weighted by molar-refractivity contribution is -0.259. The fourth-order valence-electron chi connectivity index (χ4n) is 9.14. The van der Waals surface area contributed by atoms with Crippen LogP contribution in [0.15, 0.2) is 23.3 Å². The van der Waals surface area contributed by atoms with E-state index >= 15 is 0 Å². The number of allylic oxidation sites excluding steroid dienone is 3. The minimum absolute atomic E-state index is 0.0351. The molecule has 0 aromatic rings. The molecule has 28 heavy (non-hydrogen) atoms. The molecule has 0 aromatic carbocycles. The van der Waals surface area contributed by atoms with E-state index in [1.54, 1.807) is 5.57 Å². The van der Waals surface area contributed by atoms with Crippen molar-refractivity contribution in [2.75, 3.05) is 13.2 Å². The zero-order valence-corrected chi connectivity index (χ0v) is 17.5. The Hall–Kier alpha value is -0.930. The highest BCUT2D eigenvalue weighted by Gasteiger charge is 2.77. The van der Waals surface area contributed by atoms with Gasteiger partial charge in [-0.05, 0) is 74.0 Å². The second-order valence-electron chi connectivity index (χ2n) is 10.6. The number of fused-ring (bicyclic) bond motifs is 2. The first-order chi connectivity index (χ1) is 13.5. The molecular formula is C25H34O3. The quantitative estimate of drug-likeness (QED) is 0.604. The third kappa shape index (κ3) is 1.79. The van der Waals surface area contributed by atoms with Crippen LogP contribution in [0.4, 0.5) is 0 Å². The Bertz CT molecular complexity index is 788. The maximum absolute atomic E-state index is 12.0. The molecule has 1 heterocycles. The number of ether oxygens (including phenoxy) is 2. The van der Waals surface area contributed by atoms with Gasteiger partial charge in [0.1, 0.15) is 5.78 Å². The zero-order chi connectivity index (χ0) is 19.2. The SMILES string of the molecule is CCC1([C@@]23C=CC4(CC2)[C@@H]2CCC5=C(CCC(=O)C5)[C@H]2CC[C@@]43C)OCCO1. The zero-order valence-electron chi connectivity index (χ0n) is 17.5. The van der Waals surface area contributed by atoms with Crippen molar-refractivity contribution >= 4 is 5.78 Å². The average molecular weight is 383 g/mol. The van der Waals surface area contributed by atoms with Gasteiger partial charge in [0.15, 0.2) is 5.79 Å². The van der Waals surface area contributed by atoms with Gasteiger partial charge in [0, 0.05) is 18.3 Å². The summed E-state index contributed by atoms with van der Waals surface area (Å²) in [6, 6.07) is 0. The maximum atomic E-state index is 12.0. The first-order valence-electron chi connectivity index (χ1n) is 11.7. The fraction of sp³-hybridized carbons (Fsp3) is 0.800. The van der Waals surface area contributed by atoms with Crippen molar-refractivity contribution in [3.63, 3.8) is 0 Å². The van der Waals surface area contributed by atoms with E-state index in [4.69, 9.17) is 9.47 Å². The molecule has 0 radical (unpaired) electrons. The Morgan fingerprint density at radius 3 is 2.57 bits per heavy atom. The van der Waals surface area contributed by atoms with Crippen LogP contribution >= 0.6 is 0 Å². The van der Waals surface area contributed by atoms with Gasteiger partial charge in [0.2, 0.25) is 0 Å². The Morgan fingerprint density at radius 2 is 1.86 bits per heavy atom. The van der Waals surface area contributed by atoms with Crippen LogP contribution in [-0.4, -0.2) is 24.8 Å². The molecule has 1 aliphatic heterocycles. The Labute approximate surface area is 168 Å². The van der Waals surface area contributed by atoms with Gasteiger partial charge in [-0.3, -0.25) is 4.79 Å². The highest BCUT2D eigenvalue weighted by Crippen LogP contribution is 2.80. The van der Waals surface area contributed by atoms with E-state index in [1.807, 2.05) is 0 Å². The maximum Gasteiger partial charge on any atom is 0.177 e. The third-order valence-electron chi connectivity index (χ3n) is 10.4. The predicted molar refractivity (Wildman–Crippen MR) is 108 cm³/mol. The molecule has 1 saturated heterocycles. The minimum Gasteiger partial charge on any atom is -0.347 e. The van der Waals surface area contributed by atoms with Crippen molar-refractivity contribution in [3.8, 4) is 0 Å². The number of carbonyl (C=O) groups is 1. The lowest BCUT2D eigenvalue weighted by Gasteiger charge is -2.60. The Morgan fingerprint density at radius 1 is 1.04 bits per heavy atom. The molecule has 2 saturated carbocycles. The highest BCUT2D eigenvalue weighted by atomic mass is 16.7. The summed E-state index contributed by atoms with van der Waals surface area (Å²) in [5.41, 5.74) is 3.80. The first-order valence-corrected chi connectivity index (χ1v) is 11.7. The molecule has 3 fully saturated rings. The van der Waals surface area contributed by atoms with Crippen LogP contribution in [0.5, 0.6) is 0 Å². The van der Waals surface area contributed by atoms with Crippen LogP contribution in [0.3, 0.4) is 0 Å². The van der Waals surface area contributed by atoms with Crippen molar-refractivity contribution in [1.29, 1.82) is 0 Å². The number of ketones is 1. The topological polar surface area (TPSA) is 35.5 Å². The van der Waals surface area contributed by atoms with E-state index in [-0.39, 0.29) is 10.8 Å². The van der Waals surface area contributed by atoms with Gasteiger partial charge in [0.25, 0.3) is 0 Å². The molecule has 0 spiro atoms. The van der Waals surface area contributed by atoms with E-state index in [0.717, 1.165) is 51.2 Å². The molecule has 6 aliphatic rings. The number of hydrogen-bond donors (Lipinski definition) is 0. The number of rotatable bonds is 2. The predicted octanol–water partition coefficient (Wildman–Crippen LogP) is 5.35. The molecule has 6 rings (SSSR count). The normalized spacial score (nSPS) is 48.6. The summed E-state index contributed by atoms with van der Waals surface area (Å²) in [5.74, 6) is 1.51. The van der Waals surface area contributed by atoms with Crippen LogP contribution in [0.25, 0.3) is 0 Å². The molecule has 5 atom stereocenters. The van der Waals surface area contributed by atoms with Gasteiger partial charge in [-0.25, -0.2) is 0 Å². The van der Waals surface area contributed by atoms with Gasteiger partial charge in [-0.15, -0.1) is 0 Å². The first kappa shape index (κ1) is 17.9. The van der Waals surface area contributed by atoms with Crippen LogP contribution in [0.1, 0.15) is 78.1 Å². The van der Waals surface area contributed by atoms with Gasteiger partial charge < -0.3 is 9.47 Å². The Kier molecular flexibility index (Phi) is 3.58. The van der Waals surface area contributed by atoms with E-state index in [2.05, 4.69) is 26.0 Å². The minimum atomic E-state index is -0.417. The summed E-state index contributed by atoms with van der Waals surface area (Å²) < 4.78 is 12.8. The lowest BCUT2D eigenvalue weighted by atomic mass is 9.45. The fourth-order valence-corrected chi connectivity index (χ4v) is 9.14. The summed E-state index contributed by atoms with van der Waals surface area (Å²) in [5, 5.41) is 0. The largest absolute Gasteiger partial charge is 0.347 e. The Balaban J connectivity index is 1.42. The summed E-state index contributed by atoms with van der Waals surface area (Å²) in [6.45, 7) is 6.30. The van der Waals surface area contributed by atoms with Crippen molar-refractivity contribution in [2.45, 2.75) is 83.8 Å². The van der Waals surface area contributed by atoms with Crippen LogP contribution in [0, 0.1) is 28.1 Å². The highest BCUT2D eigenvalue weighted by molar-refractivity contribution is 5.82. The van der Waals surface area contributed by atoms with Crippen molar-refractivity contribution in [3.05, 3.63) is 23.3 Å². The molecule has 0 amide bonds. The van der Waals surface area contributed by atoms with Gasteiger partial charge in [-0.1, -0.05) is 37.1 Å². The standard InChI is InChI=1S/C25H34O3/c1-3-25(27-14-15-28-25)24-12-10-23(11-13-24)21-7-4-17-16-18(26)5-6-19(17)20(21)8-9-22(23,24)2/h10,12,20-21H,3-9,11,13-16H2,1-2H3/t20-,21-,22+,23?,24+/m1/s1. The molecule has 3 heteroatoms. The molecular weight excluding hydrogens is 348 g/mol. The smallest absolute Gasteiger partial charge is 0.177 e. The van der Waals surface area contributed by atoms with Crippen molar-refractivity contribution < 1.29 is 14.3 Å². The van der Waals surface area contributed by atoms with E-state index in [9.17, 15) is 4.79 Å². The van der Waals surface area contributed by atoms with Crippen molar-refractivity contribution in [1.82, 2.24) is 0 Å². The third-order valence-corrected chi connectivity index (χ3v) is 10.4. The summed E-state index contributed by atoms with van der Waals surface area (Å²) in [6.07, 6.45) is 16.2. The monoisotopic (exact) mass is 382 g/mol. The van der Waals surface area contributed by atoms with Crippen LogP contribution < -0.4 is 0 Å². The molecule has 1 unspecified atom stereocenters. The number of carbonyl (C=O) groups excluding carboxylic acids is 1. The lowest BCUT2D eigenvalue weighted by Crippen LogP contribution is -2.58. The molecule has 2 bridgehead atoms. The van der Waals surface area contributed by atoms with E-state index in [0.29, 0.717) is 17.1 Å². The summed E-state index contributed by atoms with van der Waals surface area (Å²) in [7, 11) is 0. The summed E-state index contributed by atoms with van der Waals surface area (Å²) >= 11 is 0. The van der Waals surface area contributed by atoms with Crippen LogP contribution in [-0.2, 0) is 14.3 Å². The average Bonchev–Trinajstić information content (AvgIpc) is 3.37. The number of hydrogen-bond acceptors (Lipinski definition) is 3. The van der Waals surface area contributed by atoms with Gasteiger partial charge in [0.05, 0.1) is 13.2 Å². The molecule has 0 aromatic heterocycles.